The van der Waals surface area contributed by atoms with Gasteiger partial charge in [0.15, 0.2) is 0 Å². The average Bonchev–Trinajstić information content (AvgIpc) is 0.939. The lowest BCUT2D eigenvalue weighted by atomic mass is 10.0. The maximum absolute atomic E-state index is 16.3. The van der Waals surface area contributed by atoms with Crippen molar-refractivity contribution in [2.45, 2.75) is 210 Å². The molecule has 0 heterocycles. The number of nitrogens with zero attached hydrogens (tertiary/aromatic N) is 11. The largest absolute Gasteiger partial charge is 0.368 e. The molecule has 0 aliphatic carbocycles. The number of amides is 12. The number of rotatable bonds is 56. The van der Waals surface area contributed by atoms with E-state index in [0.717, 1.165) is 74.0 Å². The number of hydrogen-bond donors (Lipinski definition) is 6. The molecule has 8 atom stereocenters. The van der Waals surface area contributed by atoms with Crippen molar-refractivity contribution in [3.8, 4) is 0 Å². The number of benzene rings is 8. The lowest BCUT2D eigenvalue weighted by Gasteiger charge is -2.38. The van der Waals surface area contributed by atoms with E-state index in [-0.39, 0.29) is 51.7 Å². The number of primary amides is 1. The summed E-state index contributed by atoms with van der Waals surface area (Å²) in [5, 5.41) is 3.24. The molecule has 0 saturated carbocycles. The molecular formula is C112H155N17O12. The number of nitrogens with one attached hydrogen (secondary N) is 1. The highest BCUT2D eigenvalue weighted by Gasteiger charge is 2.40. The van der Waals surface area contributed by atoms with Gasteiger partial charge in [-0.2, -0.15) is 0 Å². The SMILES string of the molecule is Cc1ccc([C@H](C)N(CC(N)=O)C(=O)CN(C(=O)CN(CCCCN)C(=O)CN(C(=O)CN(C(=O)CN(CCCCN)C(=O)CN(C(=O)CN(C(=O)CN(CCCCN)C(=O)CN(C(=O)CN(C(=O)CNCCCCN)[C@@H](C)c2ccc(C)cc2)[C@@H](C)c2ccc(C)cc2)[C@@H](C)c2ccc(C)cc2)[C@@H](C)c2ccc(C)cc2)[C@@H](C)c2ccc(C)cc2)[C@@H](C)c2ccc(C)cc2)[C@@H](C)c2ccc(C)cc2)cc1. The first kappa shape index (κ1) is 113. The smallest absolute Gasteiger partial charge is 0.243 e. The topological polar surface area (TPSA) is 383 Å². The summed E-state index contributed by atoms with van der Waals surface area (Å²) in [6.07, 6.45) is 3.86. The molecule has 0 aromatic heterocycles. The third kappa shape index (κ3) is 34.3. The van der Waals surface area contributed by atoms with E-state index in [1.165, 1.54) is 53.9 Å². The van der Waals surface area contributed by atoms with Gasteiger partial charge in [-0.15, -0.1) is 0 Å². The van der Waals surface area contributed by atoms with E-state index in [0.29, 0.717) is 79.4 Å². The van der Waals surface area contributed by atoms with E-state index in [2.05, 4.69) is 5.32 Å². The molecule has 0 aliphatic heterocycles. The van der Waals surface area contributed by atoms with Gasteiger partial charge in [-0.25, -0.2) is 0 Å². The Labute approximate surface area is 836 Å². The molecule has 0 bridgehead atoms. The van der Waals surface area contributed by atoms with Crippen LogP contribution in [0.5, 0.6) is 0 Å². The minimum atomic E-state index is -0.867. The van der Waals surface area contributed by atoms with Crippen molar-refractivity contribution in [3.05, 3.63) is 283 Å². The molecule has 8 aromatic rings. The van der Waals surface area contributed by atoms with Gasteiger partial charge in [0.2, 0.25) is 70.9 Å². The van der Waals surface area contributed by atoms with Crippen molar-refractivity contribution in [3.63, 3.8) is 0 Å². The van der Waals surface area contributed by atoms with Crippen LogP contribution in [-0.4, -0.2) is 256 Å². The van der Waals surface area contributed by atoms with Gasteiger partial charge in [0.05, 0.1) is 81.1 Å². The maximum atomic E-state index is 16.3. The Balaban J connectivity index is 1.15. The van der Waals surface area contributed by atoms with Gasteiger partial charge < -0.3 is 87.9 Å². The van der Waals surface area contributed by atoms with Crippen molar-refractivity contribution in [2.75, 3.05) is 131 Å². The summed E-state index contributed by atoms with van der Waals surface area (Å²) in [6.45, 7) is 25.4. The highest BCUT2D eigenvalue weighted by molar-refractivity contribution is 5.96. The van der Waals surface area contributed by atoms with E-state index < -0.39 is 185 Å². The molecule has 0 saturated heterocycles. The van der Waals surface area contributed by atoms with Crippen molar-refractivity contribution >= 4 is 70.9 Å². The second-order valence-corrected chi connectivity index (χ2v) is 37.9. The van der Waals surface area contributed by atoms with Gasteiger partial charge in [-0.3, -0.25) is 57.5 Å². The predicted molar refractivity (Wildman–Crippen MR) is 555 cm³/mol. The molecule has 760 valence electrons. The molecule has 29 nitrogen and oxygen atoms in total. The van der Waals surface area contributed by atoms with Crippen molar-refractivity contribution in [1.82, 2.24) is 59.2 Å². The molecule has 12 amide bonds. The number of hydrogen-bond acceptors (Lipinski definition) is 17. The monoisotopic (exact) mass is 1930 g/mol. The van der Waals surface area contributed by atoms with Crippen molar-refractivity contribution in [1.29, 1.82) is 0 Å². The van der Waals surface area contributed by atoms with E-state index in [1.807, 2.05) is 263 Å². The van der Waals surface area contributed by atoms with Crippen molar-refractivity contribution in [2.24, 2.45) is 28.7 Å². The van der Waals surface area contributed by atoms with Crippen LogP contribution in [-0.2, 0) is 57.5 Å². The summed E-state index contributed by atoms with van der Waals surface area (Å²) in [7, 11) is 0. The first-order valence-corrected chi connectivity index (χ1v) is 49.8. The molecule has 8 rings (SSSR count). The molecule has 141 heavy (non-hydrogen) atoms. The van der Waals surface area contributed by atoms with Crippen LogP contribution in [0.15, 0.2) is 194 Å². The quantitative estimate of drug-likeness (QED) is 0.0193. The van der Waals surface area contributed by atoms with Crippen LogP contribution in [0.2, 0.25) is 0 Å². The molecule has 0 unspecified atom stereocenters. The molecule has 0 spiro atoms. The summed E-state index contributed by atoms with van der Waals surface area (Å²) in [5.74, 6) is -7.31. The molecular weight excluding hydrogens is 1780 g/mol. The highest BCUT2D eigenvalue weighted by Crippen LogP contribution is 2.33. The summed E-state index contributed by atoms with van der Waals surface area (Å²) in [4.78, 5) is 201. The fraction of sp³-hybridized carbons (Fsp3) is 0.464. The van der Waals surface area contributed by atoms with Gasteiger partial charge in [-0.05, 0) is 239 Å². The predicted octanol–water partition coefficient (Wildman–Crippen LogP) is 12.7. The Morgan fingerprint density at radius 2 is 0.369 bits per heavy atom. The Kier molecular flexibility index (Phi) is 45.5. The number of carbonyl (C=O) groups is 12. The molecule has 0 radical (unpaired) electrons. The Bertz CT molecular complexity index is 5330. The van der Waals surface area contributed by atoms with Gasteiger partial charge in [0.1, 0.15) is 45.8 Å². The van der Waals surface area contributed by atoms with Gasteiger partial charge >= 0.3 is 0 Å². The minimum Gasteiger partial charge on any atom is -0.368 e. The summed E-state index contributed by atoms with van der Waals surface area (Å²) >= 11 is 0. The van der Waals surface area contributed by atoms with E-state index in [1.54, 1.807) is 41.5 Å². The van der Waals surface area contributed by atoms with Crippen LogP contribution < -0.4 is 34.0 Å². The first-order valence-electron chi connectivity index (χ1n) is 49.8. The minimum absolute atomic E-state index is 0.00969. The van der Waals surface area contributed by atoms with Crippen LogP contribution in [0.3, 0.4) is 0 Å². The van der Waals surface area contributed by atoms with Gasteiger partial charge in [0, 0.05) is 19.6 Å². The normalized spacial score (nSPS) is 12.9. The molecule has 0 aliphatic rings. The van der Waals surface area contributed by atoms with Crippen LogP contribution in [0.25, 0.3) is 0 Å². The fourth-order valence-corrected chi connectivity index (χ4v) is 17.2. The second-order valence-electron chi connectivity index (χ2n) is 37.9. The van der Waals surface area contributed by atoms with Gasteiger partial charge in [-0.1, -0.05) is 239 Å². The van der Waals surface area contributed by atoms with Crippen LogP contribution in [0, 0.1) is 55.4 Å². The average molecular weight is 1930 g/mol. The second kappa shape index (κ2) is 56.6. The van der Waals surface area contributed by atoms with Crippen molar-refractivity contribution < 1.29 is 57.5 Å². The lowest BCUT2D eigenvalue weighted by Crippen LogP contribution is -2.54. The Hall–Kier alpha value is -12.8. The number of carbonyl (C=O) groups excluding carboxylic acids is 12. The zero-order chi connectivity index (χ0) is 103. The Morgan fingerprint density at radius 1 is 0.213 bits per heavy atom. The molecule has 11 N–H and O–H groups in total. The van der Waals surface area contributed by atoms with Crippen LogP contribution >= 0.6 is 0 Å². The lowest BCUT2D eigenvalue weighted by molar-refractivity contribution is -0.152. The van der Waals surface area contributed by atoms with Crippen LogP contribution in [0.1, 0.15) is 244 Å². The standard InChI is InChI=1S/C112H155N17O12/c1-77-25-41-93(42-26-77)85(9)122(66-101(117)130)109(138)74-127(90(14)98-51-35-82(6)36-52-98)106(135)67-119(62-22-18-58-114)104(133)71-125(88(12)96-47-31-80(4)32-48-96)111(140)76-129(92(16)100-55-39-84(8)40-56-100)108(137)69-121(64-24-20-60-116)105(134)72-126(89(13)97-49-33-81(5)34-50-97)112(141)75-128(91(15)99-53-37-83(7)38-54-99)107(136)68-120(63-23-19-59-115)103(132)70-124(87(11)95-45-29-79(3)30-46-95)110(139)73-123(102(131)65-118-61-21-17-57-113)86(10)94-43-27-78(2)28-44-94/h25-56,85-92,118H,17-24,57-76,113-116H2,1-16H3,(H2,117,130)/t85-,86-,87-,88-,89-,90-,91-,92-/m0/s1. The number of nitrogens with two attached hydrogens (primary N) is 5. The van der Waals surface area contributed by atoms with Crippen LogP contribution in [0.4, 0.5) is 0 Å². The third-order valence-corrected chi connectivity index (χ3v) is 27.0. The van der Waals surface area contributed by atoms with E-state index in [4.69, 9.17) is 28.7 Å². The molecule has 0 fully saturated rings. The Morgan fingerprint density at radius 3 is 0.546 bits per heavy atom. The summed E-state index contributed by atoms with van der Waals surface area (Å²) in [5.41, 5.74) is 43.2. The zero-order valence-corrected chi connectivity index (χ0v) is 86.1. The molecule has 8 aromatic carbocycles. The van der Waals surface area contributed by atoms with E-state index in [9.17, 15) is 14.4 Å². The number of unbranched alkanes of at least 4 members (excludes halogenated alkanes) is 4. The fourth-order valence-electron chi connectivity index (χ4n) is 17.2. The zero-order valence-electron chi connectivity index (χ0n) is 86.1. The maximum Gasteiger partial charge on any atom is 0.243 e. The van der Waals surface area contributed by atoms with Gasteiger partial charge in [0.25, 0.3) is 0 Å². The summed E-state index contributed by atoms with van der Waals surface area (Å²) in [6, 6.07) is 54.2. The highest BCUT2D eigenvalue weighted by atomic mass is 16.2. The molecule has 29 heteroatoms. The number of aryl methyl sites for hydroxylation is 8. The third-order valence-electron chi connectivity index (χ3n) is 27.0. The first-order chi connectivity index (χ1) is 67.2. The van der Waals surface area contributed by atoms with E-state index >= 15 is 43.2 Å². The summed E-state index contributed by atoms with van der Waals surface area (Å²) < 4.78 is 0.